The third kappa shape index (κ3) is 10.9. The number of anilines is 3. The van der Waals surface area contributed by atoms with Crippen molar-refractivity contribution in [3.05, 3.63) is 103 Å². The molecular weight excluding hydrogens is 616 g/mol. The predicted molar refractivity (Wildman–Crippen MR) is 192 cm³/mol. The van der Waals surface area contributed by atoms with E-state index in [0.717, 1.165) is 39.0 Å². The molecule has 0 aliphatic heterocycles. The van der Waals surface area contributed by atoms with Crippen LogP contribution in [0.2, 0.25) is 5.15 Å². The number of hydrogen-bond acceptors (Lipinski definition) is 9. The average Bonchev–Trinajstić information content (AvgIpc) is 3.14. The van der Waals surface area contributed by atoms with Gasteiger partial charge in [0.2, 0.25) is 0 Å². The quantitative estimate of drug-likeness (QED) is 0.134. The normalized spacial score (nSPS) is 9.47. The second-order valence-corrected chi connectivity index (χ2v) is 9.15. The van der Waals surface area contributed by atoms with Gasteiger partial charge in [-0.3, -0.25) is 0 Å². The van der Waals surface area contributed by atoms with Gasteiger partial charge >= 0.3 is 0 Å². The van der Waals surface area contributed by atoms with Crippen molar-refractivity contribution in [2.24, 2.45) is 0 Å². The maximum Gasteiger partial charge on any atom is 0.286 e. The van der Waals surface area contributed by atoms with Crippen LogP contribution in [0.15, 0.2) is 97.6 Å². The van der Waals surface area contributed by atoms with E-state index in [1.165, 1.54) is 12.7 Å². The van der Waals surface area contributed by atoms with Gasteiger partial charge in [0.1, 0.15) is 17.7 Å². The third-order valence-electron chi connectivity index (χ3n) is 6.12. The molecule has 0 atom stereocenters. The Morgan fingerprint density at radius 2 is 1.15 bits per heavy atom. The zero-order valence-electron chi connectivity index (χ0n) is 28.2. The van der Waals surface area contributed by atoms with E-state index in [0.29, 0.717) is 28.2 Å². The lowest BCUT2D eigenvalue weighted by Gasteiger charge is -2.12. The van der Waals surface area contributed by atoms with E-state index < -0.39 is 0 Å². The molecule has 0 amide bonds. The van der Waals surface area contributed by atoms with E-state index >= 15 is 0 Å². The highest BCUT2D eigenvalue weighted by Crippen LogP contribution is 2.34. The number of nitrogens with zero attached hydrogens (tertiary/aromatic N) is 3. The first-order chi connectivity index (χ1) is 23.0. The van der Waals surface area contributed by atoms with Gasteiger partial charge in [-0.05, 0) is 46.9 Å². The van der Waals surface area contributed by atoms with Crippen molar-refractivity contribution < 1.29 is 23.9 Å². The van der Waals surface area contributed by atoms with Gasteiger partial charge < -0.3 is 30.0 Å². The summed E-state index contributed by atoms with van der Waals surface area (Å²) in [6.45, 7) is 8.00. The fourth-order valence-corrected chi connectivity index (χ4v) is 4.20. The number of aromatic nitrogens is 4. The number of benzene rings is 4. The maximum atomic E-state index is 5.95. The van der Waals surface area contributed by atoms with Gasteiger partial charge in [-0.25, -0.2) is 15.0 Å². The highest BCUT2D eigenvalue weighted by Gasteiger charge is 2.13. The van der Waals surface area contributed by atoms with Crippen molar-refractivity contribution in [3.63, 3.8) is 0 Å². The molecule has 0 spiro atoms. The number of rotatable bonds is 6. The summed E-state index contributed by atoms with van der Waals surface area (Å²) in [6.07, 6.45) is 3.07. The number of nitrogens with one attached hydrogen (secondary N) is 2. The maximum absolute atomic E-state index is 5.95. The summed E-state index contributed by atoms with van der Waals surface area (Å²) in [7, 11) is 6.38. The molecule has 4 N–H and O–H groups in total. The Hall–Kier alpha value is -5.35. The Morgan fingerprint density at radius 1 is 0.638 bits per heavy atom. The molecule has 6 rings (SSSR count). The Kier molecular flexibility index (Phi) is 16.6. The van der Waals surface area contributed by atoms with E-state index in [2.05, 4.69) is 25.3 Å². The molecule has 0 unspecified atom stereocenters. The first kappa shape index (κ1) is 37.8. The molecular formula is C36H44ClN6O4+. The van der Waals surface area contributed by atoms with Crippen molar-refractivity contribution in [3.8, 4) is 23.0 Å². The van der Waals surface area contributed by atoms with Gasteiger partial charge in [0.15, 0.2) is 23.0 Å². The van der Waals surface area contributed by atoms with Crippen LogP contribution < -0.4 is 35.0 Å². The summed E-state index contributed by atoms with van der Waals surface area (Å²) in [5.74, 6) is 3.31. The minimum absolute atomic E-state index is 0.435. The number of ether oxygens (including phenoxy) is 4. The third-order valence-corrected chi connectivity index (χ3v) is 6.42. The van der Waals surface area contributed by atoms with Crippen LogP contribution in [0.1, 0.15) is 27.7 Å². The number of nitrogen functional groups attached to an aromatic ring is 1. The minimum Gasteiger partial charge on any atom is -0.493 e. The summed E-state index contributed by atoms with van der Waals surface area (Å²) < 4.78 is 21.0. The number of hydrogen-bond donors (Lipinski definition) is 2. The SMILES string of the molecule is CC.CC.COc1cc2[nH+]cnc(Cl)c2cc1OC.COc1cc2ncnc(Nc3ccccc3)c2cc1OC.Nc1ccccc1. The minimum atomic E-state index is 0.435. The molecule has 47 heavy (non-hydrogen) atoms. The Balaban J connectivity index is 0.000000257. The summed E-state index contributed by atoms with van der Waals surface area (Å²) in [5.41, 5.74) is 8.79. The molecule has 2 heterocycles. The summed E-state index contributed by atoms with van der Waals surface area (Å²) in [5, 5.41) is 5.40. The predicted octanol–water partition coefficient (Wildman–Crippen LogP) is 8.43. The molecule has 11 heteroatoms. The van der Waals surface area contributed by atoms with Crippen LogP contribution >= 0.6 is 11.6 Å². The van der Waals surface area contributed by atoms with Crippen molar-refractivity contribution in [1.82, 2.24) is 15.0 Å². The van der Waals surface area contributed by atoms with E-state index in [9.17, 15) is 0 Å². The molecule has 0 bridgehead atoms. The van der Waals surface area contributed by atoms with Gasteiger partial charge in [0.05, 0.1) is 39.3 Å². The average molecular weight is 660 g/mol. The van der Waals surface area contributed by atoms with Crippen LogP contribution in [0, 0.1) is 0 Å². The van der Waals surface area contributed by atoms with Gasteiger partial charge in [-0.2, -0.15) is 0 Å². The van der Waals surface area contributed by atoms with Crippen molar-refractivity contribution >= 4 is 50.6 Å². The first-order valence-electron chi connectivity index (χ1n) is 15.0. The van der Waals surface area contributed by atoms with Gasteiger partial charge in [-0.15, -0.1) is 0 Å². The van der Waals surface area contributed by atoms with E-state index in [1.54, 1.807) is 34.5 Å². The van der Waals surface area contributed by atoms with Crippen LogP contribution in [0.25, 0.3) is 21.8 Å². The second kappa shape index (κ2) is 20.6. The fourth-order valence-electron chi connectivity index (χ4n) is 3.99. The Labute approximate surface area is 281 Å². The molecule has 6 aromatic rings. The second-order valence-electron chi connectivity index (χ2n) is 8.79. The van der Waals surface area contributed by atoms with E-state index in [1.807, 2.05) is 107 Å². The van der Waals surface area contributed by atoms with Crippen molar-refractivity contribution in [2.75, 3.05) is 39.5 Å². The van der Waals surface area contributed by atoms with Gasteiger partial charge in [0, 0.05) is 35.0 Å². The van der Waals surface area contributed by atoms with Crippen LogP contribution in [-0.4, -0.2) is 43.4 Å². The fraction of sp³-hybridized carbons (Fsp3) is 0.222. The number of methoxy groups -OCH3 is 4. The highest BCUT2D eigenvalue weighted by atomic mass is 35.5. The van der Waals surface area contributed by atoms with E-state index in [4.69, 9.17) is 36.3 Å². The molecule has 0 aliphatic carbocycles. The van der Waals surface area contributed by atoms with Crippen molar-refractivity contribution in [1.29, 1.82) is 0 Å². The number of aromatic amines is 1. The zero-order valence-corrected chi connectivity index (χ0v) is 28.9. The molecule has 4 aromatic carbocycles. The molecule has 0 aliphatic rings. The molecule has 248 valence electrons. The lowest BCUT2D eigenvalue weighted by atomic mass is 10.2. The van der Waals surface area contributed by atoms with Crippen LogP contribution in [0.3, 0.4) is 0 Å². The molecule has 0 radical (unpaired) electrons. The summed E-state index contributed by atoms with van der Waals surface area (Å²) in [6, 6.07) is 26.7. The lowest BCUT2D eigenvalue weighted by molar-refractivity contribution is -0.349. The van der Waals surface area contributed by atoms with Crippen LogP contribution in [0.4, 0.5) is 17.2 Å². The monoisotopic (exact) mass is 659 g/mol. The molecule has 2 aromatic heterocycles. The van der Waals surface area contributed by atoms with Crippen molar-refractivity contribution in [2.45, 2.75) is 27.7 Å². The zero-order chi connectivity index (χ0) is 34.6. The molecule has 0 saturated heterocycles. The number of H-pyrrole nitrogens is 1. The first-order valence-corrected chi connectivity index (χ1v) is 15.4. The molecule has 0 saturated carbocycles. The number of fused-ring (bicyclic) bond motifs is 2. The Morgan fingerprint density at radius 3 is 1.68 bits per heavy atom. The topological polar surface area (TPSA) is 128 Å². The Bertz CT molecular complexity index is 1780. The summed E-state index contributed by atoms with van der Waals surface area (Å²) >= 11 is 5.95. The molecule has 10 nitrogen and oxygen atoms in total. The number of nitrogens with two attached hydrogens (primary N) is 1. The smallest absolute Gasteiger partial charge is 0.286 e. The number of para-hydroxylation sites is 2. The van der Waals surface area contributed by atoms with E-state index in [-0.39, 0.29) is 0 Å². The molecule has 0 fully saturated rings. The van der Waals surface area contributed by atoms with Gasteiger partial charge in [-0.1, -0.05) is 64.1 Å². The summed E-state index contributed by atoms with van der Waals surface area (Å²) in [4.78, 5) is 15.5. The largest absolute Gasteiger partial charge is 0.493 e. The highest BCUT2D eigenvalue weighted by molar-refractivity contribution is 6.33. The van der Waals surface area contributed by atoms with Gasteiger partial charge in [0.25, 0.3) is 11.5 Å². The van der Waals surface area contributed by atoms with Crippen LogP contribution in [-0.2, 0) is 0 Å². The lowest BCUT2D eigenvalue weighted by Crippen LogP contribution is -2.05. The van der Waals surface area contributed by atoms with Crippen LogP contribution in [0.5, 0.6) is 23.0 Å². The standard InChI is InChI=1S/C16H15N3O2.C10H9ClN2O2.C6H7N.2C2H6/c1-20-14-8-12-13(9-15(14)21-2)17-10-18-16(12)19-11-6-4-3-5-7-11;1-14-8-3-6-7(4-9(8)15-2)12-5-13-10(6)11;7-6-4-2-1-3-5-6;2*1-2/h3-10H,1-2H3,(H,17,18,19);3-5H,1-2H3;1-5H,7H2;2*1-2H3/p+1. The number of halogens is 1.